The predicted octanol–water partition coefficient (Wildman–Crippen LogP) is 3.68. The van der Waals surface area contributed by atoms with Crippen LogP contribution in [0.1, 0.15) is 57.1 Å². The minimum absolute atomic E-state index is 0.0772. The largest absolute Gasteiger partial charge is 0.379 e. The second-order valence-corrected chi connectivity index (χ2v) is 7.29. The zero-order valence-corrected chi connectivity index (χ0v) is 16.4. The Morgan fingerprint density at radius 2 is 1.96 bits per heavy atom. The fraction of sp³-hybridized carbons (Fsp3) is 0.667. The summed E-state index contributed by atoms with van der Waals surface area (Å²) in [5, 5.41) is 6.01. The Morgan fingerprint density at radius 1 is 1.19 bits per heavy atom. The summed E-state index contributed by atoms with van der Waals surface area (Å²) < 4.78 is 5.40. The van der Waals surface area contributed by atoms with E-state index in [1.807, 2.05) is 0 Å². The van der Waals surface area contributed by atoms with Crippen LogP contribution in [-0.2, 0) is 17.8 Å². The molecule has 1 fully saturated rings. The number of morpholine rings is 1. The van der Waals surface area contributed by atoms with Gasteiger partial charge in [0.25, 0.3) is 0 Å². The summed E-state index contributed by atoms with van der Waals surface area (Å²) in [6.45, 7) is 9.40. The van der Waals surface area contributed by atoms with E-state index < -0.39 is 0 Å². The molecular weight excluding hydrogens is 326 g/mol. The summed E-state index contributed by atoms with van der Waals surface area (Å²) in [7, 11) is 0. The van der Waals surface area contributed by atoms with Crippen molar-refractivity contribution < 1.29 is 9.53 Å². The smallest absolute Gasteiger partial charge is 0.315 e. The van der Waals surface area contributed by atoms with Crippen molar-refractivity contribution in [2.45, 2.75) is 65.1 Å². The SMILES string of the molecule is CCCCCCC(C)NC(=O)NCc1cccc(CN2CCOCC2)c1. The van der Waals surface area contributed by atoms with Crippen LogP contribution in [-0.4, -0.2) is 43.3 Å². The van der Waals surface area contributed by atoms with Gasteiger partial charge in [0, 0.05) is 32.2 Å². The molecule has 2 N–H and O–H groups in total. The maximum Gasteiger partial charge on any atom is 0.315 e. The molecule has 1 aromatic carbocycles. The first-order valence-electron chi connectivity index (χ1n) is 10.1. The van der Waals surface area contributed by atoms with Crippen molar-refractivity contribution in [1.29, 1.82) is 0 Å². The summed E-state index contributed by atoms with van der Waals surface area (Å²) in [5.74, 6) is 0. The summed E-state index contributed by atoms with van der Waals surface area (Å²) >= 11 is 0. The molecule has 146 valence electrons. The Hall–Kier alpha value is -1.59. The van der Waals surface area contributed by atoms with Gasteiger partial charge in [-0.3, -0.25) is 4.90 Å². The fourth-order valence-corrected chi connectivity index (χ4v) is 3.26. The normalized spacial score (nSPS) is 16.2. The van der Waals surface area contributed by atoms with Gasteiger partial charge in [0.05, 0.1) is 13.2 Å². The van der Waals surface area contributed by atoms with Crippen LogP contribution < -0.4 is 10.6 Å². The number of ether oxygens (including phenoxy) is 1. The van der Waals surface area contributed by atoms with Gasteiger partial charge in [-0.1, -0.05) is 56.9 Å². The number of nitrogens with zero attached hydrogens (tertiary/aromatic N) is 1. The monoisotopic (exact) mass is 361 g/mol. The molecule has 1 saturated heterocycles. The van der Waals surface area contributed by atoms with Crippen LogP contribution >= 0.6 is 0 Å². The third-order valence-electron chi connectivity index (χ3n) is 4.82. The van der Waals surface area contributed by atoms with Crippen molar-refractivity contribution in [3.8, 4) is 0 Å². The van der Waals surface area contributed by atoms with Crippen LogP contribution in [0.15, 0.2) is 24.3 Å². The zero-order valence-electron chi connectivity index (χ0n) is 16.4. The average Bonchev–Trinajstić information content (AvgIpc) is 2.65. The molecule has 1 heterocycles. The lowest BCUT2D eigenvalue weighted by Crippen LogP contribution is -2.40. The number of nitrogens with one attached hydrogen (secondary N) is 2. The van der Waals surface area contributed by atoms with E-state index in [-0.39, 0.29) is 12.1 Å². The number of urea groups is 1. The first-order valence-corrected chi connectivity index (χ1v) is 10.1. The number of carbonyl (C=O) groups excluding carboxylic acids is 1. The molecule has 0 spiro atoms. The van der Waals surface area contributed by atoms with E-state index in [2.05, 4.69) is 53.6 Å². The van der Waals surface area contributed by atoms with E-state index in [1.165, 1.54) is 31.2 Å². The highest BCUT2D eigenvalue weighted by atomic mass is 16.5. The number of hydrogen-bond acceptors (Lipinski definition) is 3. The van der Waals surface area contributed by atoms with Gasteiger partial charge in [-0.2, -0.15) is 0 Å². The third kappa shape index (κ3) is 8.19. The van der Waals surface area contributed by atoms with Crippen LogP contribution in [0.3, 0.4) is 0 Å². The number of amides is 2. The maximum absolute atomic E-state index is 12.1. The number of rotatable bonds is 10. The van der Waals surface area contributed by atoms with Crippen molar-refractivity contribution >= 4 is 6.03 Å². The summed E-state index contributed by atoms with van der Waals surface area (Å²) in [6, 6.07) is 8.62. The predicted molar refractivity (Wildman–Crippen MR) is 106 cm³/mol. The number of carbonyl (C=O) groups is 1. The second kappa shape index (κ2) is 11.9. The standard InChI is InChI=1S/C21H35N3O2/c1-3-4-5-6-8-18(2)23-21(25)22-16-19-9-7-10-20(15-19)17-24-11-13-26-14-12-24/h7,9-10,15,18H,3-6,8,11-14,16-17H2,1-2H3,(H2,22,23,25). The van der Waals surface area contributed by atoms with Gasteiger partial charge in [-0.05, 0) is 24.5 Å². The first kappa shape index (κ1) is 20.7. The van der Waals surface area contributed by atoms with Gasteiger partial charge < -0.3 is 15.4 Å². The molecule has 26 heavy (non-hydrogen) atoms. The molecule has 1 aliphatic rings. The highest BCUT2D eigenvalue weighted by molar-refractivity contribution is 5.74. The first-order chi connectivity index (χ1) is 12.7. The molecule has 1 atom stereocenters. The molecule has 1 aromatic rings. The van der Waals surface area contributed by atoms with E-state index in [9.17, 15) is 4.79 Å². The Balaban J connectivity index is 1.69. The van der Waals surface area contributed by atoms with Crippen molar-refractivity contribution in [2.75, 3.05) is 26.3 Å². The van der Waals surface area contributed by atoms with Crippen molar-refractivity contribution in [1.82, 2.24) is 15.5 Å². The fourth-order valence-electron chi connectivity index (χ4n) is 3.26. The minimum Gasteiger partial charge on any atom is -0.379 e. The van der Waals surface area contributed by atoms with Gasteiger partial charge in [0.2, 0.25) is 0 Å². The summed E-state index contributed by atoms with van der Waals surface area (Å²) in [4.78, 5) is 14.5. The second-order valence-electron chi connectivity index (χ2n) is 7.29. The molecule has 1 aliphatic heterocycles. The molecule has 0 aromatic heterocycles. The van der Waals surface area contributed by atoms with Crippen LogP contribution in [0.2, 0.25) is 0 Å². The van der Waals surface area contributed by atoms with Crippen LogP contribution in [0.25, 0.3) is 0 Å². The van der Waals surface area contributed by atoms with E-state index >= 15 is 0 Å². The topological polar surface area (TPSA) is 53.6 Å². The van der Waals surface area contributed by atoms with E-state index in [4.69, 9.17) is 4.74 Å². The van der Waals surface area contributed by atoms with E-state index in [0.29, 0.717) is 6.54 Å². The van der Waals surface area contributed by atoms with Gasteiger partial charge >= 0.3 is 6.03 Å². The van der Waals surface area contributed by atoms with Gasteiger partial charge in [-0.25, -0.2) is 4.79 Å². The number of hydrogen-bond donors (Lipinski definition) is 2. The molecular formula is C21H35N3O2. The molecule has 2 amide bonds. The van der Waals surface area contributed by atoms with Crippen molar-refractivity contribution in [3.05, 3.63) is 35.4 Å². The summed E-state index contributed by atoms with van der Waals surface area (Å²) in [5.41, 5.74) is 2.43. The molecule has 0 saturated carbocycles. The summed E-state index contributed by atoms with van der Waals surface area (Å²) in [6.07, 6.45) is 5.99. The van der Waals surface area contributed by atoms with E-state index in [0.717, 1.165) is 44.8 Å². The highest BCUT2D eigenvalue weighted by Gasteiger charge is 2.11. The highest BCUT2D eigenvalue weighted by Crippen LogP contribution is 2.10. The lowest BCUT2D eigenvalue weighted by molar-refractivity contribution is 0.0342. The van der Waals surface area contributed by atoms with Crippen LogP contribution in [0, 0.1) is 0 Å². The van der Waals surface area contributed by atoms with Crippen molar-refractivity contribution in [2.24, 2.45) is 0 Å². The zero-order chi connectivity index (χ0) is 18.6. The molecule has 5 heteroatoms. The van der Waals surface area contributed by atoms with Crippen molar-refractivity contribution in [3.63, 3.8) is 0 Å². The lowest BCUT2D eigenvalue weighted by Gasteiger charge is -2.26. The Bertz CT molecular complexity index is 530. The Labute approximate surface area is 158 Å². The average molecular weight is 362 g/mol. The molecule has 5 nitrogen and oxygen atoms in total. The molecule has 2 rings (SSSR count). The molecule has 0 radical (unpaired) electrons. The van der Waals surface area contributed by atoms with Crippen LogP contribution in [0.5, 0.6) is 0 Å². The third-order valence-corrected chi connectivity index (χ3v) is 4.82. The van der Waals surface area contributed by atoms with E-state index in [1.54, 1.807) is 0 Å². The van der Waals surface area contributed by atoms with Gasteiger partial charge in [0.15, 0.2) is 0 Å². The van der Waals surface area contributed by atoms with Gasteiger partial charge in [-0.15, -0.1) is 0 Å². The number of unbranched alkanes of at least 4 members (excludes halogenated alkanes) is 3. The lowest BCUT2D eigenvalue weighted by atomic mass is 10.1. The molecule has 0 bridgehead atoms. The Morgan fingerprint density at radius 3 is 2.73 bits per heavy atom. The molecule has 0 aliphatic carbocycles. The quantitative estimate of drug-likeness (QED) is 0.625. The maximum atomic E-state index is 12.1. The number of benzene rings is 1. The molecule has 1 unspecified atom stereocenters. The Kier molecular flexibility index (Phi) is 9.50. The van der Waals surface area contributed by atoms with Crippen LogP contribution in [0.4, 0.5) is 4.79 Å². The van der Waals surface area contributed by atoms with Gasteiger partial charge in [0.1, 0.15) is 0 Å². The minimum atomic E-state index is -0.0772.